The number of ether oxygens (including phenoxy) is 1. The number of unbranched alkanes of at least 4 members (excludes halogenated alkanes) is 2. The van der Waals surface area contributed by atoms with Gasteiger partial charge in [0.2, 0.25) is 17.7 Å². The van der Waals surface area contributed by atoms with Crippen LogP contribution in [-0.4, -0.2) is 52.9 Å². The lowest BCUT2D eigenvalue weighted by molar-refractivity contribution is -0.143. The summed E-state index contributed by atoms with van der Waals surface area (Å²) in [4.78, 5) is 53.5. The van der Waals surface area contributed by atoms with Crippen molar-refractivity contribution < 1.29 is 23.9 Å². The summed E-state index contributed by atoms with van der Waals surface area (Å²) in [5.74, 6) is 0.814. The largest absolute Gasteiger partial charge is 0.444 e. The van der Waals surface area contributed by atoms with E-state index in [1.54, 1.807) is 45.0 Å². The lowest BCUT2D eigenvalue weighted by Gasteiger charge is -2.35. The summed E-state index contributed by atoms with van der Waals surface area (Å²) in [6.45, 7) is 11.3. The Hall–Kier alpha value is -3.54. The molecule has 4 N–H and O–H groups in total. The molecule has 0 aromatic heterocycles. The Kier molecular flexibility index (Phi) is 13.4. The van der Waals surface area contributed by atoms with Crippen LogP contribution in [0.3, 0.4) is 0 Å². The van der Waals surface area contributed by atoms with Crippen molar-refractivity contribution in [2.24, 2.45) is 5.73 Å². The number of benzene rings is 1. The third-order valence-electron chi connectivity index (χ3n) is 5.74. The van der Waals surface area contributed by atoms with Crippen LogP contribution < -0.4 is 16.4 Å². The number of amides is 4. The second-order valence-corrected chi connectivity index (χ2v) is 10.5. The van der Waals surface area contributed by atoms with Crippen LogP contribution in [0.15, 0.2) is 24.3 Å². The molecule has 3 unspecified atom stereocenters. The molecule has 0 aliphatic heterocycles. The van der Waals surface area contributed by atoms with E-state index >= 15 is 0 Å². The van der Waals surface area contributed by atoms with Crippen molar-refractivity contribution in [2.45, 2.75) is 104 Å². The van der Waals surface area contributed by atoms with E-state index in [4.69, 9.17) is 16.9 Å². The van der Waals surface area contributed by atoms with Crippen molar-refractivity contribution in [1.29, 1.82) is 0 Å². The highest BCUT2D eigenvalue weighted by Gasteiger charge is 2.37. The Labute approximate surface area is 227 Å². The molecule has 1 aromatic carbocycles. The topological polar surface area (TPSA) is 131 Å². The third-order valence-corrected chi connectivity index (χ3v) is 5.74. The molecule has 4 amide bonds. The van der Waals surface area contributed by atoms with Crippen LogP contribution in [0.2, 0.25) is 0 Å². The van der Waals surface area contributed by atoms with E-state index in [1.165, 1.54) is 4.90 Å². The fraction of sp³-hybridized carbons (Fsp3) is 0.586. The molecule has 9 nitrogen and oxygen atoms in total. The van der Waals surface area contributed by atoms with Gasteiger partial charge in [0.1, 0.15) is 17.7 Å². The van der Waals surface area contributed by atoms with Gasteiger partial charge < -0.3 is 26.0 Å². The van der Waals surface area contributed by atoms with Gasteiger partial charge in [-0.3, -0.25) is 14.4 Å². The van der Waals surface area contributed by atoms with Gasteiger partial charge in [-0.15, -0.1) is 6.42 Å². The van der Waals surface area contributed by atoms with Crippen LogP contribution in [0.5, 0.6) is 0 Å². The molecule has 0 bridgehead atoms. The first kappa shape index (κ1) is 32.5. The quantitative estimate of drug-likeness (QED) is 0.250. The minimum atomic E-state index is -1.31. The van der Waals surface area contributed by atoms with E-state index in [0.29, 0.717) is 17.5 Å². The highest BCUT2D eigenvalue weighted by atomic mass is 16.6. The summed E-state index contributed by atoms with van der Waals surface area (Å²) >= 11 is 0. The smallest absolute Gasteiger partial charge is 0.408 e. The van der Waals surface area contributed by atoms with Crippen molar-refractivity contribution in [3.63, 3.8) is 0 Å². The molecule has 3 atom stereocenters. The van der Waals surface area contributed by atoms with Crippen LogP contribution in [0.4, 0.5) is 4.79 Å². The van der Waals surface area contributed by atoms with Crippen LogP contribution in [-0.2, 0) is 19.1 Å². The molecule has 9 heteroatoms. The molecule has 1 rings (SSSR count). The molecule has 0 radical (unpaired) electrons. The summed E-state index contributed by atoms with van der Waals surface area (Å²) in [6.07, 6.45) is 8.18. The van der Waals surface area contributed by atoms with E-state index < -0.39 is 42.0 Å². The maximum Gasteiger partial charge on any atom is 0.408 e. The molecule has 38 heavy (non-hydrogen) atoms. The van der Waals surface area contributed by atoms with Crippen molar-refractivity contribution in [3.05, 3.63) is 35.4 Å². The van der Waals surface area contributed by atoms with E-state index in [0.717, 1.165) is 25.7 Å². The Bertz CT molecular complexity index is 978. The number of hydrogen-bond donors (Lipinski definition) is 3. The second kappa shape index (κ2) is 15.7. The van der Waals surface area contributed by atoms with Gasteiger partial charge in [0.05, 0.1) is 6.42 Å². The molecule has 0 heterocycles. The number of carbonyl (C=O) groups excluding carboxylic acids is 4. The first-order chi connectivity index (χ1) is 17.8. The zero-order valence-corrected chi connectivity index (χ0v) is 23.6. The van der Waals surface area contributed by atoms with Gasteiger partial charge in [0, 0.05) is 18.2 Å². The molecule has 0 fully saturated rings. The summed E-state index contributed by atoms with van der Waals surface area (Å²) in [6, 6.07) is 4.41. The maximum atomic E-state index is 14.0. The first-order valence-corrected chi connectivity index (χ1v) is 13.3. The Morgan fingerprint density at radius 1 is 1.05 bits per heavy atom. The standard InChI is InChI=1S/C29H44N4O5/c1-8-11-12-18-33(27(36)23(19-24(30)34)32-28(37)38-29(5,6)7)25(26(35)31-20(4)13-9-2)22-16-14-21(10-3)15-17-22/h3,14-17,20,23,25H,8-9,11-13,18-19H2,1-2,4-7H3,(H2,30,34)(H,31,35)(H,32,37). The zero-order chi connectivity index (χ0) is 28.9. The van der Waals surface area contributed by atoms with Crippen molar-refractivity contribution in [3.8, 4) is 12.3 Å². The van der Waals surface area contributed by atoms with Gasteiger partial charge in [-0.25, -0.2) is 4.79 Å². The van der Waals surface area contributed by atoms with Crippen LogP contribution in [0, 0.1) is 12.3 Å². The van der Waals surface area contributed by atoms with Gasteiger partial charge >= 0.3 is 6.09 Å². The van der Waals surface area contributed by atoms with Crippen molar-refractivity contribution >= 4 is 23.8 Å². The average Bonchev–Trinajstić information content (AvgIpc) is 2.81. The number of nitrogens with zero attached hydrogens (tertiary/aromatic N) is 1. The summed E-state index contributed by atoms with van der Waals surface area (Å²) in [7, 11) is 0. The van der Waals surface area contributed by atoms with Crippen LogP contribution in [0.1, 0.15) is 97.2 Å². The maximum absolute atomic E-state index is 14.0. The molecule has 0 saturated heterocycles. The Morgan fingerprint density at radius 2 is 1.68 bits per heavy atom. The van der Waals surface area contributed by atoms with Crippen LogP contribution >= 0.6 is 0 Å². The molecule has 1 aromatic rings. The number of alkyl carbamates (subject to hydrolysis) is 1. The Morgan fingerprint density at radius 3 is 2.18 bits per heavy atom. The predicted octanol–water partition coefficient (Wildman–Crippen LogP) is 3.80. The predicted molar refractivity (Wildman–Crippen MR) is 148 cm³/mol. The molecule has 0 aliphatic rings. The minimum absolute atomic E-state index is 0.117. The SMILES string of the molecule is C#Cc1ccc(C(C(=O)NC(C)CCC)N(CCCCC)C(=O)C(CC(N)=O)NC(=O)OC(C)(C)C)cc1. The number of rotatable bonds is 14. The molecular weight excluding hydrogens is 484 g/mol. The third kappa shape index (κ3) is 11.2. The van der Waals surface area contributed by atoms with E-state index in [-0.39, 0.29) is 18.5 Å². The van der Waals surface area contributed by atoms with Gasteiger partial charge in [0.25, 0.3) is 0 Å². The zero-order valence-electron chi connectivity index (χ0n) is 23.6. The lowest BCUT2D eigenvalue weighted by Crippen LogP contribution is -2.54. The van der Waals surface area contributed by atoms with E-state index in [9.17, 15) is 19.2 Å². The number of hydrogen-bond acceptors (Lipinski definition) is 5. The van der Waals surface area contributed by atoms with Crippen molar-refractivity contribution in [1.82, 2.24) is 15.5 Å². The summed E-state index contributed by atoms with van der Waals surface area (Å²) < 4.78 is 5.30. The van der Waals surface area contributed by atoms with E-state index in [2.05, 4.69) is 16.6 Å². The van der Waals surface area contributed by atoms with E-state index in [1.807, 2.05) is 20.8 Å². The lowest BCUT2D eigenvalue weighted by atomic mass is 9.99. The molecule has 210 valence electrons. The summed E-state index contributed by atoms with van der Waals surface area (Å²) in [5.41, 5.74) is 5.81. The normalized spacial score (nSPS) is 13.4. The van der Waals surface area contributed by atoms with Crippen LogP contribution in [0.25, 0.3) is 0 Å². The molecular formula is C29H44N4O5. The van der Waals surface area contributed by atoms with Gasteiger partial charge in [0.15, 0.2) is 0 Å². The molecule has 0 spiro atoms. The number of carbonyl (C=O) groups is 4. The molecule has 0 saturated carbocycles. The fourth-order valence-electron chi connectivity index (χ4n) is 4.01. The first-order valence-electron chi connectivity index (χ1n) is 13.3. The highest BCUT2D eigenvalue weighted by molar-refractivity contribution is 5.94. The number of nitrogens with one attached hydrogen (secondary N) is 2. The number of terminal acetylenes is 1. The number of nitrogens with two attached hydrogens (primary N) is 1. The summed E-state index contributed by atoms with van der Waals surface area (Å²) in [5, 5.41) is 5.50. The fourth-order valence-corrected chi connectivity index (χ4v) is 4.01. The second-order valence-electron chi connectivity index (χ2n) is 10.5. The molecule has 0 aliphatic carbocycles. The van der Waals surface area contributed by atoms with Gasteiger partial charge in [-0.05, 0) is 58.2 Å². The average molecular weight is 529 g/mol. The monoisotopic (exact) mass is 528 g/mol. The Balaban J connectivity index is 3.53. The van der Waals surface area contributed by atoms with Gasteiger partial charge in [-0.1, -0.05) is 51.2 Å². The van der Waals surface area contributed by atoms with Gasteiger partial charge in [-0.2, -0.15) is 0 Å². The highest BCUT2D eigenvalue weighted by Crippen LogP contribution is 2.25. The number of primary amides is 1. The minimum Gasteiger partial charge on any atom is -0.444 e. The van der Waals surface area contributed by atoms with Crippen molar-refractivity contribution in [2.75, 3.05) is 6.54 Å².